The molecule has 1 amide bonds. The van der Waals surface area contributed by atoms with E-state index in [1.54, 1.807) is 6.92 Å². The summed E-state index contributed by atoms with van der Waals surface area (Å²) in [5, 5.41) is 2.78. The molecule has 2 rings (SSSR count). The maximum atomic E-state index is 11.7. The zero-order valence-electron chi connectivity index (χ0n) is 9.54. The van der Waals surface area contributed by atoms with Crippen molar-refractivity contribution in [1.82, 2.24) is 5.32 Å². The van der Waals surface area contributed by atoms with Crippen molar-refractivity contribution in [3.63, 3.8) is 0 Å². The molecule has 3 N–H and O–H groups in total. The van der Waals surface area contributed by atoms with E-state index in [2.05, 4.69) is 5.32 Å². The Morgan fingerprint density at radius 3 is 3.06 bits per heavy atom. The first-order chi connectivity index (χ1) is 8.15. The van der Waals surface area contributed by atoms with Gasteiger partial charge < -0.3 is 15.8 Å². The van der Waals surface area contributed by atoms with Gasteiger partial charge in [0.2, 0.25) is 0 Å². The van der Waals surface area contributed by atoms with Gasteiger partial charge in [-0.1, -0.05) is 0 Å². The van der Waals surface area contributed by atoms with Crippen LogP contribution in [0.4, 0.5) is 5.69 Å². The van der Waals surface area contributed by atoms with Crippen LogP contribution in [-0.4, -0.2) is 25.0 Å². The van der Waals surface area contributed by atoms with Gasteiger partial charge in [-0.3, -0.25) is 4.79 Å². The lowest BCUT2D eigenvalue weighted by atomic mass is 10.1. The highest BCUT2D eigenvalue weighted by molar-refractivity contribution is 7.16. The van der Waals surface area contributed by atoms with Crippen molar-refractivity contribution in [2.24, 2.45) is 0 Å². The molecule has 0 saturated carbocycles. The van der Waals surface area contributed by atoms with Crippen LogP contribution in [0.3, 0.4) is 0 Å². The first-order valence-corrected chi connectivity index (χ1v) is 6.33. The van der Waals surface area contributed by atoms with E-state index in [-0.39, 0.29) is 5.91 Å². The lowest BCUT2D eigenvalue weighted by Crippen LogP contribution is -2.21. The van der Waals surface area contributed by atoms with E-state index in [0.29, 0.717) is 28.6 Å². The molecule has 17 heavy (non-hydrogen) atoms. The van der Waals surface area contributed by atoms with Crippen LogP contribution in [0.1, 0.15) is 38.3 Å². The third-order valence-electron chi connectivity index (χ3n) is 2.60. The predicted octanol–water partition coefficient (Wildman–Crippen LogP) is 1.18. The summed E-state index contributed by atoms with van der Waals surface area (Å²) in [4.78, 5) is 24.3. The molecule has 0 saturated heterocycles. The van der Waals surface area contributed by atoms with E-state index in [1.807, 2.05) is 0 Å². The molecule has 0 aromatic carbocycles. The first-order valence-electron chi connectivity index (χ1n) is 5.51. The van der Waals surface area contributed by atoms with Crippen molar-refractivity contribution in [1.29, 1.82) is 0 Å². The van der Waals surface area contributed by atoms with E-state index in [0.717, 1.165) is 29.7 Å². The Labute approximate surface area is 103 Å². The Kier molecular flexibility index (Phi) is 3.33. The molecule has 0 fully saturated rings. The van der Waals surface area contributed by atoms with Gasteiger partial charge in [0.1, 0.15) is 4.88 Å². The average molecular weight is 254 g/mol. The van der Waals surface area contributed by atoms with Crippen LogP contribution in [0, 0.1) is 0 Å². The number of hydrogen-bond acceptors (Lipinski definition) is 5. The summed E-state index contributed by atoms with van der Waals surface area (Å²) in [5.41, 5.74) is 7.11. The van der Waals surface area contributed by atoms with Crippen LogP contribution in [-0.2, 0) is 11.2 Å². The zero-order valence-corrected chi connectivity index (χ0v) is 10.4. The number of fused-ring (bicyclic) bond motifs is 1. The molecule has 5 nitrogen and oxygen atoms in total. The zero-order chi connectivity index (χ0) is 12.4. The molecule has 0 bridgehead atoms. The molecule has 0 aliphatic carbocycles. The highest BCUT2D eigenvalue weighted by Crippen LogP contribution is 2.33. The lowest BCUT2D eigenvalue weighted by Gasteiger charge is -2.01. The number of amides is 1. The Balaban J connectivity index is 2.41. The van der Waals surface area contributed by atoms with Crippen LogP contribution >= 0.6 is 11.3 Å². The van der Waals surface area contributed by atoms with Gasteiger partial charge in [-0.2, -0.15) is 0 Å². The van der Waals surface area contributed by atoms with Gasteiger partial charge in [-0.05, 0) is 25.3 Å². The first kappa shape index (κ1) is 11.9. The molecule has 92 valence electrons. The van der Waals surface area contributed by atoms with E-state index < -0.39 is 5.97 Å². The smallest absolute Gasteiger partial charge is 0.350 e. The number of rotatable bonds is 2. The molecule has 1 aromatic heterocycles. The van der Waals surface area contributed by atoms with Gasteiger partial charge in [0.25, 0.3) is 5.91 Å². The maximum Gasteiger partial charge on any atom is 0.350 e. The molecule has 0 spiro atoms. The van der Waals surface area contributed by atoms with Crippen LogP contribution in [0.25, 0.3) is 0 Å². The SMILES string of the molecule is CCOC(=O)c1sc2c(c1N)CCCNC2=O. The number of ether oxygens (including phenoxy) is 1. The number of thiophene rings is 1. The van der Waals surface area contributed by atoms with E-state index in [9.17, 15) is 9.59 Å². The summed E-state index contributed by atoms with van der Waals surface area (Å²) < 4.78 is 4.91. The van der Waals surface area contributed by atoms with Gasteiger partial charge in [0, 0.05) is 6.54 Å². The summed E-state index contributed by atoms with van der Waals surface area (Å²) in [6.07, 6.45) is 1.55. The quantitative estimate of drug-likeness (QED) is 0.777. The Hall–Kier alpha value is -1.56. The Bertz CT molecular complexity index is 468. The van der Waals surface area contributed by atoms with E-state index in [4.69, 9.17) is 10.5 Å². The summed E-state index contributed by atoms with van der Waals surface area (Å²) in [6.45, 7) is 2.68. The van der Waals surface area contributed by atoms with Crippen molar-refractivity contribution in [2.75, 3.05) is 18.9 Å². The average Bonchev–Trinajstić information content (AvgIpc) is 2.51. The monoisotopic (exact) mass is 254 g/mol. The number of esters is 1. The molecule has 1 aliphatic heterocycles. The highest BCUT2D eigenvalue weighted by atomic mass is 32.1. The van der Waals surface area contributed by atoms with Crippen LogP contribution in [0.5, 0.6) is 0 Å². The van der Waals surface area contributed by atoms with Crippen LogP contribution < -0.4 is 11.1 Å². The topological polar surface area (TPSA) is 81.4 Å². The molecule has 1 aliphatic rings. The summed E-state index contributed by atoms with van der Waals surface area (Å²) in [6, 6.07) is 0. The predicted molar refractivity (Wildman–Crippen MR) is 65.3 cm³/mol. The molecule has 6 heteroatoms. The number of nitrogens with two attached hydrogens (primary N) is 1. The normalized spacial score (nSPS) is 14.8. The third kappa shape index (κ3) is 2.12. The largest absolute Gasteiger partial charge is 0.462 e. The van der Waals surface area contributed by atoms with Crippen molar-refractivity contribution in [2.45, 2.75) is 19.8 Å². The second-order valence-corrected chi connectivity index (χ2v) is 4.75. The minimum atomic E-state index is -0.448. The molecule has 0 unspecified atom stereocenters. The molecule has 1 aromatic rings. The molecular formula is C11H14N2O3S. The van der Waals surface area contributed by atoms with Crippen LogP contribution in [0.15, 0.2) is 0 Å². The molecule has 2 heterocycles. The second kappa shape index (κ2) is 4.75. The number of nitrogens with one attached hydrogen (secondary N) is 1. The Morgan fingerprint density at radius 1 is 1.59 bits per heavy atom. The summed E-state index contributed by atoms with van der Waals surface area (Å²) in [5.74, 6) is -0.597. The lowest BCUT2D eigenvalue weighted by molar-refractivity contribution is 0.0533. The molecular weight excluding hydrogens is 240 g/mol. The van der Waals surface area contributed by atoms with Gasteiger partial charge in [-0.15, -0.1) is 11.3 Å². The maximum absolute atomic E-state index is 11.7. The fraction of sp³-hybridized carbons (Fsp3) is 0.455. The fourth-order valence-electron chi connectivity index (χ4n) is 1.81. The van der Waals surface area contributed by atoms with Crippen molar-refractivity contribution in [3.05, 3.63) is 15.3 Å². The molecule has 0 atom stereocenters. The number of carbonyl (C=O) groups excluding carboxylic acids is 2. The number of hydrogen-bond donors (Lipinski definition) is 2. The van der Waals surface area contributed by atoms with Gasteiger partial charge in [0.15, 0.2) is 0 Å². The fourth-order valence-corrected chi connectivity index (χ4v) is 2.88. The van der Waals surface area contributed by atoms with Crippen molar-refractivity contribution < 1.29 is 14.3 Å². The van der Waals surface area contributed by atoms with Gasteiger partial charge in [-0.25, -0.2) is 4.79 Å². The van der Waals surface area contributed by atoms with E-state index >= 15 is 0 Å². The molecule has 0 radical (unpaired) electrons. The second-order valence-electron chi connectivity index (χ2n) is 3.73. The third-order valence-corrected chi connectivity index (χ3v) is 3.83. The number of anilines is 1. The van der Waals surface area contributed by atoms with Gasteiger partial charge >= 0.3 is 5.97 Å². The van der Waals surface area contributed by atoms with Gasteiger partial charge in [0.05, 0.1) is 17.2 Å². The number of nitrogen functional groups attached to an aromatic ring is 1. The van der Waals surface area contributed by atoms with Crippen molar-refractivity contribution in [3.8, 4) is 0 Å². The standard InChI is InChI=1S/C11H14N2O3S/c1-2-16-11(15)9-7(12)6-4-3-5-13-10(14)8(6)17-9/h2-5,12H2,1H3,(H,13,14). The summed E-state index contributed by atoms with van der Waals surface area (Å²) in [7, 11) is 0. The minimum Gasteiger partial charge on any atom is -0.462 e. The minimum absolute atomic E-state index is 0.148. The highest BCUT2D eigenvalue weighted by Gasteiger charge is 2.26. The number of carbonyl (C=O) groups is 2. The van der Waals surface area contributed by atoms with E-state index in [1.165, 1.54) is 0 Å². The van der Waals surface area contributed by atoms with Crippen LogP contribution in [0.2, 0.25) is 0 Å². The van der Waals surface area contributed by atoms with Crippen molar-refractivity contribution >= 4 is 28.9 Å². The summed E-state index contributed by atoms with van der Waals surface area (Å²) >= 11 is 1.12. The Morgan fingerprint density at radius 2 is 2.35 bits per heavy atom.